The lowest BCUT2D eigenvalue weighted by Gasteiger charge is -2.40. The van der Waals surface area contributed by atoms with Crippen molar-refractivity contribution in [1.82, 2.24) is 20.3 Å². The Morgan fingerprint density at radius 2 is 2.12 bits per heavy atom. The highest BCUT2D eigenvalue weighted by Gasteiger charge is 2.42. The van der Waals surface area contributed by atoms with Gasteiger partial charge in [-0.15, -0.1) is 0 Å². The summed E-state index contributed by atoms with van der Waals surface area (Å²) in [5, 5.41) is 6.90. The van der Waals surface area contributed by atoms with Crippen molar-refractivity contribution in [1.29, 1.82) is 0 Å². The lowest BCUT2D eigenvalue weighted by molar-refractivity contribution is 0.0824. The molecule has 1 saturated heterocycles. The molecule has 1 aliphatic heterocycles. The molecule has 6 heteroatoms. The summed E-state index contributed by atoms with van der Waals surface area (Å²) in [5.41, 5.74) is 0.929. The average molecular weight is 332 g/mol. The molecule has 0 unspecified atom stereocenters. The third kappa shape index (κ3) is 3.16. The van der Waals surface area contributed by atoms with E-state index in [0.29, 0.717) is 6.54 Å². The summed E-state index contributed by atoms with van der Waals surface area (Å²) < 4.78 is 5.21. The zero-order chi connectivity index (χ0) is 16.5. The molecule has 2 aliphatic carbocycles. The van der Waals surface area contributed by atoms with Crippen LogP contribution in [0.25, 0.3) is 0 Å². The first-order valence-corrected chi connectivity index (χ1v) is 9.44. The van der Waals surface area contributed by atoms with Crippen molar-refractivity contribution in [2.75, 3.05) is 26.2 Å². The molecule has 1 aromatic rings. The Balaban J connectivity index is 1.22. The summed E-state index contributed by atoms with van der Waals surface area (Å²) in [7, 11) is 0. The largest absolute Gasteiger partial charge is 0.359 e. The van der Waals surface area contributed by atoms with Crippen molar-refractivity contribution in [3.05, 3.63) is 17.5 Å². The number of amides is 2. The van der Waals surface area contributed by atoms with E-state index in [2.05, 4.69) is 15.4 Å². The van der Waals surface area contributed by atoms with Gasteiger partial charge in [0, 0.05) is 38.3 Å². The molecule has 3 fully saturated rings. The first kappa shape index (κ1) is 15.9. The van der Waals surface area contributed by atoms with Gasteiger partial charge in [-0.25, -0.2) is 4.79 Å². The number of fused-ring (bicyclic) bond motifs is 2. The van der Waals surface area contributed by atoms with E-state index >= 15 is 0 Å². The van der Waals surface area contributed by atoms with E-state index in [0.717, 1.165) is 61.9 Å². The second kappa shape index (κ2) is 6.75. The van der Waals surface area contributed by atoms with Crippen molar-refractivity contribution in [2.45, 2.75) is 51.6 Å². The van der Waals surface area contributed by atoms with Crippen LogP contribution in [0.2, 0.25) is 0 Å². The molecule has 0 radical (unpaired) electrons. The molecule has 1 aromatic heterocycles. The Kier molecular flexibility index (Phi) is 4.48. The van der Waals surface area contributed by atoms with Crippen LogP contribution in [-0.4, -0.2) is 53.2 Å². The van der Waals surface area contributed by atoms with E-state index in [4.69, 9.17) is 4.52 Å². The number of carbonyl (C=O) groups excluding carboxylic acids is 1. The van der Waals surface area contributed by atoms with Crippen molar-refractivity contribution in [3.63, 3.8) is 0 Å². The highest BCUT2D eigenvalue weighted by molar-refractivity contribution is 5.74. The highest BCUT2D eigenvalue weighted by atomic mass is 16.5. The molecular weight excluding hydrogens is 304 g/mol. The predicted molar refractivity (Wildman–Crippen MR) is 90.5 cm³/mol. The fourth-order valence-electron chi connectivity index (χ4n) is 4.80. The monoisotopic (exact) mass is 332 g/mol. The Labute approximate surface area is 143 Å². The molecule has 1 N–H and O–H groups in total. The van der Waals surface area contributed by atoms with Crippen LogP contribution < -0.4 is 5.32 Å². The molecule has 4 rings (SSSR count). The van der Waals surface area contributed by atoms with E-state index in [-0.39, 0.29) is 6.03 Å². The van der Waals surface area contributed by atoms with Crippen LogP contribution in [0.4, 0.5) is 4.79 Å². The minimum Gasteiger partial charge on any atom is -0.359 e. The van der Waals surface area contributed by atoms with Gasteiger partial charge in [0.05, 0.1) is 12.2 Å². The summed E-state index contributed by atoms with van der Waals surface area (Å²) >= 11 is 0. The third-order valence-corrected chi connectivity index (χ3v) is 6.16. The second-order valence-corrected chi connectivity index (χ2v) is 7.56. The molecule has 3 atom stereocenters. The third-order valence-electron chi connectivity index (χ3n) is 6.16. The van der Waals surface area contributed by atoms with Crippen molar-refractivity contribution in [2.24, 2.45) is 11.8 Å². The van der Waals surface area contributed by atoms with Gasteiger partial charge in [0.15, 0.2) is 5.76 Å². The molecule has 132 valence electrons. The van der Waals surface area contributed by atoms with Crippen LogP contribution in [0.1, 0.15) is 44.1 Å². The molecule has 2 bridgehead atoms. The van der Waals surface area contributed by atoms with Crippen LogP contribution in [0.3, 0.4) is 0 Å². The van der Waals surface area contributed by atoms with E-state index in [1.54, 1.807) is 0 Å². The fourth-order valence-corrected chi connectivity index (χ4v) is 4.80. The maximum absolute atomic E-state index is 12.3. The summed E-state index contributed by atoms with van der Waals surface area (Å²) in [6.45, 7) is 6.15. The van der Waals surface area contributed by atoms with Gasteiger partial charge in [-0.2, -0.15) is 0 Å². The topological polar surface area (TPSA) is 61.6 Å². The van der Waals surface area contributed by atoms with Crippen molar-refractivity contribution < 1.29 is 9.32 Å². The zero-order valence-corrected chi connectivity index (χ0v) is 14.5. The summed E-state index contributed by atoms with van der Waals surface area (Å²) in [4.78, 5) is 16.9. The molecule has 0 aromatic carbocycles. The standard InChI is InChI=1S/C18H28N4O2/c1-2-15-11-16(24-20-15)12-19-18(23)22-7-5-21(6-8-22)17-10-13-3-4-14(17)9-13/h11,13-14,17H,2-10,12H2,1H3,(H,19,23)/t13-,14-,17+/m0/s1. The maximum atomic E-state index is 12.3. The van der Waals surface area contributed by atoms with Crippen LogP contribution in [0.15, 0.2) is 10.6 Å². The number of nitrogens with zero attached hydrogens (tertiary/aromatic N) is 3. The lowest BCUT2D eigenvalue weighted by Crippen LogP contribution is -2.55. The smallest absolute Gasteiger partial charge is 0.317 e. The Morgan fingerprint density at radius 1 is 1.29 bits per heavy atom. The van der Waals surface area contributed by atoms with E-state index in [9.17, 15) is 4.79 Å². The first-order chi connectivity index (χ1) is 11.7. The van der Waals surface area contributed by atoms with Gasteiger partial charge in [-0.1, -0.05) is 18.5 Å². The number of hydrogen-bond acceptors (Lipinski definition) is 4. The normalized spacial score (nSPS) is 30.0. The van der Waals surface area contributed by atoms with E-state index < -0.39 is 0 Å². The molecule has 6 nitrogen and oxygen atoms in total. The lowest BCUT2D eigenvalue weighted by atomic mass is 9.93. The fraction of sp³-hybridized carbons (Fsp3) is 0.778. The Bertz CT molecular complexity index is 579. The van der Waals surface area contributed by atoms with Gasteiger partial charge in [0.1, 0.15) is 0 Å². The van der Waals surface area contributed by atoms with E-state index in [1.807, 2.05) is 17.9 Å². The number of rotatable bonds is 4. The average Bonchev–Trinajstić information content (AvgIpc) is 3.36. The highest BCUT2D eigenvalue weighted by Crippen LogP contribution is 2.46. The minimum absolute atomic E-state index is 0.0111. The summed E-state index contributed by atoms with van der Waals surface area (Å²) in [5.74, 6) is 2.63. The van der Waals surface area contributed by atoms with Gasteiger partial charge in [-0.3, -0.25) is 4.90 Å². The molecule has 3 aliphatic rings. The predicted octanol–water partition coefficient (Wildman–Crippen LogP) is 2.25. The van der Waals surface area contributed by atoms with Crippen molar-refractivity contribution in [3.8, 4) is 0 Å². The minimum atomic E-state index is 0.0111. The number of aryl methyl sites for hydroxylation is 1. The number of urea groups is 1. The molecular formula is C18H28N4O2. The Morgan fingerprint density at radius 3 is 2.75 bits per heavy atom. The van der Waals surface area contributed by atoms with Crippen molar-refractivity contribution >= 4 is 6.03 Å². The van der Waals surface area contributed by atoms with E-state index in [1.165, 1.54) is 25.7 Å². The Hall–Kier alpha value is -1.56. The van der Waals surface area contributed by atoms with Gasteiger partial charge in [0.2, 0.25) is 0 Å². The van der Waals surface area contributed by atoms with Gasteiger partial charge >= 0.3 is 6.03 Å². The number of nitrogens with one attached hydrogen (secondary N) is 1. The van der Waals surface area contributed by atoms with Crippen LogP contribution in [-0.2, 0) is 13.0 Å². The SMILES string of the molecule is CCc1cc(CNC(=O)N2CCN([C@@H]3C[C@H]4CC[C@H]3C4)CC2)on1. The number of hydrogen-bond donors (Lipinski definition) is 1. The van der Waals surface area contributed by atoms with Gasteiger partial charge < -0.3 is 14.7 Å². The first-order valence-electron chi connectivity index (χ1n) is 9.44. The van der Waals surface area contributed by atoms with Gasteiger partial charge in [0.25, 0.3) is 0 Å². The van der Waals surface area contributed by atoms with Crippen LogP contribution in [0, 0.1) is 11.8 Å². The molecule has 2 saturated carbocycles. The molecule has 2 amide bonds. The molecule has 2 heterocycles. The van der Waals surface area contributed by atoms with Crippen LogP contribution >= 0.6 is 0 Å². The van der Waals surface area contributed by atoms with Gasteiger partial charge in [-0.05, 0) is 37.5 Å². The number of carbonyl (C=O) groups is 1. The summed E-state index contributed by atoms with van der Waals surface area (Å²) in [6, 6.07) is 2.71. The number of piperazine rings is 1. The number of aromatic nitrogens is 1. The molecule has 24 heavy (non-hydrogen) atoms. The zero-order valence-electron chi connectivity index (χ0n) is 14.5. The second-order valence-electron chi connectivity index (χ2n) is 7.56. The summed E-state index contributed by atoms with van der Waals surface area (Å²) in [6.07, 6.45) is 6.56. The maximum Gasteiger partial charge on any atom is 0.317 e. The molecule has 0 spiro atoms. The quantitative estimate of drug-likeness (QED) is 0.919. The van der Waals surface area contributed by atoms with Crippen LogP contribution in [0.5, 0.6) is 0 Å².